The minimum atomic E-state index is -0.281. The summed E-state index contributed by atoms with van der Waals surface area (Å²) in [4.78, 5) is 12.6. The van der Waals surface area contributed by atoms with E-state index >= 15 is 0 Å². The third-order valence-electron chi connectivity index (χ3n) is 1.87. The lowest BCUT2D eigenvalue weighted by molar-refractivity contribution is 0.205. The highest BCUT2D eigenvalue weighted by molar-refractivity contribution is 5.85. The molecule has 0 aliphatic carbocycles. The minimum Gasteiger partial charge on any atom is -0.351 e. The summed E-state index contributed by atoms with van der Waals surface area (Å²) in [6, 6.07) is -0.281. The van der Waals surface area contributed by atoms with E-state index in [1.54, 1.807) is 4.90 Å². The molecule has 0 radical (unpaired) electrons. The van der Waals surface area contributed by atoms with Crippen LogP contribution in [0.15, 0.2) is 0 Å². The van der Waals surface area contributed by atoms with Gasteiger partial charge in [0.25, 0.3) is 0 Å². The Labute approximate surface area is 87.1 Å². The molecule has 0 bridgehead atoms. The summed E-state index contributed by atoms with van der Waals surface area (Å²) in [5, 5.41) is 0. The summed E-state index contributed by atoms with van der Waals surface area (Å²) in [6.45, 7) is 5.84. The second-order valence-corrected chi connectivity index (χ2v) is 3.03. The highest BCUT2D eigenvalue weighted by Crippen LogP contribution is 1.98. The monoisotopic (exact) mass is 208 g/mol. The zero-order valence-electron chi connectivity index (χ0n) is 8.58. The number of primary amides is 1. The molecule has 0 aromatic heterocycles. The first-order valence-electron chi connectivity index (χ1n) is 4.76. The Balaban J connectivity index is 0. The molecule has 0 aromatic rings. The van der Waals surface area contributed by atoms with Crippen LogP contribution in [0.25, 0.3) is 0 Å². The van der Waals surface area contributed by atoms with Gasteiger partial charge in [0, 0.05) is 13.1 Å². The number of carbonyl (C=O) groups is 1. The van der Waals surface area contributed by atoms with Gasteiger partial charge in [-0.25, -0.2) is 4.79 Å². The van der Waals surface area contributed by atoms with E-state index in [0.717, 1.165) is 38.8 Å². The number of nitrogens with two attached hydrogens (primary N) is 1. The molecule has 0 heterocycles. The van der Waals surface area contributed by atoms with E-state index < -0.39 is 0 Å². The molecule has 13 heavy (non-hydrogen) atoms. The maximum Gasteiger partial charge on any atom is 0.314 e. The van der Waals surface area contributed by atoms with Crippen LogP contribution in [-0.4, -0.2) is 24.0 Å². The van der Waals surface area contributed by atoms with Crippen LogP contribution in [-0.2, 0) is 0 Å². The van der Waals surface area contributed by atoms with Crippen molar-refractivity contribution in [3.8, 4) is 0 Å². The SMILES string of the molecule is CCCCN(CCCC)C(N)=O.Cl. The van der Waals surface area contributed by atoms with Gasteiger partial charge in [0.2, 0.25) is 0 Å². The van der Waals surface area contributed by atoms with Gasteiger partial charge >= 0.3 is 6.03 Å². The van der Waals surface area contributed by atoms with Crippen molar-refractivity contribution in [2.45, 2.75) is 39.5 Å². The highest BCUT2D eigenvalue weighted by atomic mass is 35.5. The third-order valence-corrected chi connectivity index (χ3v) is 1.87. The average molecular weight is 209 g/mol. The Bertz CT molecular complexity index is 123. The van der Waals surface area contributed by atoms with Gasteiger partial charge < -0.3 is 10.6 Å². The molecule has 0 aromatic carbocycles. The Hall–Kier alpha value is -0.440. The lowest BCUT2D eigenvalue weighted by Gasteiger charge is -2.19. The number of carbonyl (C=O) groups excluding carboxylic acids is 1. The predicted octanol–water partition coefficient (Wildman–Crippen LogP) is 2.39. The largest absolute Gasteiger partial charge is 0.351 e. The van der Waals surface area contributed by atoms with Gasteiger partial charge in [0.05, 0.1) is 0 Å². The Morgan fingerprint density at radius 2 is 1.54 bits per heavy atom. The number of unbranched alkanes of at least 4 members (excludes halogenated alkanes) is 2. The van der Waals surface area contributed by atoms with Crippen molar-refractivity contribution in [1.29, 1.82) is 0 Å². The van der Waals surface area contributed by atoms with Gasteiger partial charge in [-0.3, -0.25) is 0 Å². The van der Waals surface area contributed by atoms with Crippen molar-refractivity contribution in [2.24, 2.45) is 5.73 Å². The fourth-order valence-electron chi connectivity index (χ4n) is 1.03. The smallest absolute Gasteiger partial charge is 0.314 e. The van der Waals surface area contributed by atoms with E-state index in [9.17, 15) is 4.79 Å². The van der Waals surface area contributed by atoms with Crippen molar-refractivity contribution < 1.29 is 4.79 Å². The van der Waals surface area contributed by atoms with Gasteiger partial charge in [0.15, 0.2) is 0 Å². The highest BCUT2D eigenvalue weighted by Gasteiger charge is 2.06. The predicted molar refractivity (Wildman–Crippen MR) is 58.2 cm³/mol. The molecular formula is C9H21ClN2O. The van der Waals surface area contributed by atoms with E-state index in [0.29, 0.717) is 0 Å². The summed E-state index contributed by atoms with van der Waals surface area (Å²) >= 11 is 0. The van der Waals surface area contributed by atoms with Gasteiger partial charge in [-0.15, -0.1) is 12.4 Å². The standard InChI is InChI=1S/C9H20N2O.ClH/c1-3-5-7-11(9(10)12)8-6-4-2;/h3-8H2,1-2H3,(H2,10,12);1H. The molecule has 2 N–H and O–H groups in total. The first kappa shape index (κ1) is 15.1. The van der Waals surface area contributed by atoms with Crippen LogP contribution in [0, 0.1) is 0 Å². The van der Waals surface area contributed by atoms with Crippen LogP contribution in [0.5, 0.6) is 0 Å². The van der Waals surface area contributed by atoms with Crippen LogP contribution in [0.1, 0.15) is 39.5 Å². The number of halogens is 1. The number of rotatable bonds is 6. The van der Waals surface area contributed by atoms with E-state index in [2.05, 4.69) is 13.8 Å². The van der Waals surface area contributed by atoms with E-state index in [4.69, 9.17) is 5.73 Å². The first-order chi connectivity index (χ1) is 5.72. The number of nitrogens with zero attached hydrogens (tertiary/aromatic N) is 1. The summed E-state index contributed by atoms with van der Waals surface area (Å²) in [5.74, 6) is 0. The lowest BCUT2D eigenvalue weighted by Crippen LogP contribution is -2.37. The van der Waals surface area contributed by atoms with Crippen molar-refractivity contribution in [3.63, 3.8) is 0 Å². The molecule has 0 saturated carbocycles. The number of hydrogen-bond donors (Lipinski definition) is 1. The van der Waals surface area contributed by atoms with E-state index in [1.165, 1.54) is 0 Å². The minimum absolute atomic E-state index is 0. The normalized spacial score (nSPS) is 9.08. The van der Waals surface area contributed by atoms with Crippen LogP contribution in [0.2, 0.25) is 0 Å². The van der Waals surface area contributed by atoms with Crippen molar-refractivity contribution in [3.05, 3.63) is 0 Å². The second-order valence-electron chi connectivity index (χ2n) is 3.03. The Morgan fingerprint density at radius 1 is 1.15 bits per heavy atom. The van der Waals surface area contributed by atoms with Crippen LogP contribution < -0.4 is 5.73 Å². The number of hydrogen-bond acceptors (Lipinski definition) is 1. The maximum absolute atomic E-state index is 10.9. The topological polar surface area (TPSA) is 46.3 Å². The van der Waals surface area contributed by atoms with Gasteiger partial charge in [0.1, 0.15) is 0 Å². The Morgan fingerprint density at radius 3 is 1.77 bits per heavy atom. The summed E-state index contributed by atoms with van der Waals surface area (Å²) in [5.41, 5.74) is 5.21. The maximum atomic E-state index is 10.9. The molecule has 0 spiro atoms. The van der Waals surface area contributed by atoms with Crippen molar-refractivity contribution >= 4 is 18.4 Å². The molecule has 0 unspecified atom stereocenters. The molecule has 0 saturated heterocycles. The fraction of sp³-hybridized carbons (Fsp3) is 0.889. The molecule has 0 rings (SSSR count). The fourth-order valence-corrected chi connectivity index (χ4v) is 1.03. The van der Waals surface area contributed by atoms with Crippen LogP contribution in [0.4, 0.5) is 4.79 Å². The summed E-state index contributed by atoms with van der Waals surface area (Å²) < 4.78 is 0. The molecule has 80 valence electrons. The van der Waals surface area contributed by atoms with Gasteiger partial charge in [-0.05, 0) is 12.8 Å². The van der Waals surface area contributed by atoms with Crippen LogP contribution in [0.3, 0.4) is 0 Å². The van der Waals surface area contributed by atoms with E-state index in [-0.39, 0.29) is 18.4 Å². The average Bonchev–Trinajstić information content (AvgIpc) is 2.04. The first-order valence-corrected chi connectivity index (χ1v) is 4.76. The molecule has 0 fully saturated rings. The molecule has 2 amide bonds. The quantitative estimate of drug-likeness (QED) is 0.716. The molecule has 0 atom stereocenters. The van der Waals surface area contributed by atoms with Crippen molar-refractivity contribution in [2.75, 3.05) is 13.1 Å². The zero-order chi connectivity index (χ0) is 9.40. The Kier molecular flexibility index (Phi) is 11.2. The van der Waals surface area contributed by atoms with Crippen LogP contribution >= 0.6 is 12.4 Å². The second kappa shape index (κ2) is 9.65. The summed E-state index contributed by atoms with van der Waals surface area (Å²) in [6.07, 6.45) is 4.31. The zero-order valence-corrected chi connectivity index (χ0v) is 9.40. The van der Waals surface area contributed by atoms with E-state index in [1.807, 2.05) is 0 Å². The van der Waals surface area contributed by atoms with Gasteiger partial charge in [-0.2, -0.15) is 0 Å². The molecular weight excluding hydrogens is 188 g/mol. The van der Waals surface area contributed by atoms with Gasteiger partial charge in [-0.1, -0.05) is 26.7 Å². The summed E-state index contributed by atoms with van der Waals surface area (Å²) in [7, 11) is 0. The third kappa shape index (κ3) is 7.91. The molecule has 3 nitrogen and oxygen atoms in total. The van der Waals surface area contributed by atoms with Crippen molar-refractivity contribution in [1.82, 2.24) is 4.90 Å². The molecule has 0 aliphatic heterocycles. The number of urea groups is 1. The molecule has 4 heteroatoms. The lowest BCUT2D eigenvalue weighted by atomic mass is 10.3. The molecule has 0 aliphatic rings. The number of amides is 2.